The normalized spacial score (nSPS) is 12.5. The molecule has 0 fully saturated rings. The number of ketones is 1. The fourth-order valence-corrected chi connectivity index (χ4v) is 2.92. The van der Waals surface area contributed by atoms with Crippen LogP contribution in [-0.4, -0.2) is 10.8 Å². The lowest BCUT2D eigenvalue weighted by atomic mass is 9.88. The van der Waals surface area contributed by atoms with Crippen molar-refractivity contribution in [1.29, 1.82) is 0 Å². The van der Waals surface area contributed by atoms with E-state index in [-0.39, 0.29) is 11.7 Å². The molecule has 1 heterocycles. The molecule has 106 valence electrons. The molecule has 0 aliphatic carbocycles. The number of Topliss-reactive ketones (excluding diaryl/α,β-unsaturated/α-hetero) is 1. The molecule has 0 aliphatic rings. The molecule has 3 aromatic rings. The molecule has 1 atom stereocenters. The Labute approximate surface area is 128 Å². The van der Waals surface area contributed by atoms with Crippen molar-refractivity contribution in [2.45, 2.75) is 19.3 Å². The average molecular weight is 298 g/mol. The summed E-state index contributed by atoms with van der Waals surface area (Å²) in [6, 6.07) is 15.5. The van der Waals surface area contributed by atoms with Crippen molar-refractivity contribution in [2.75, 3.05) is 0 Å². The first-order valence-electron chi connectivity index (χ1n) is 7.06. The summed E-state index contributed by atoms with van der Waals surface area (Å²) < 4.78 is 0. The predicted octanol–water partition coefficient (Wildman–Crippen LogP) is 5.20. The molecule has 0 saturated heterocycles. The maximum atomic E-state index is 12.9. The summed E-state index contributed by atoms with van der Waals surface area (Å²) in [4.78, 5) is 16.0. The van der Waals surface area contributed by atoms with E-state index in [2.05, 4.69) is 4.98 Å². The monoisotopic (exact) mass is 297 g/mol. The second kappa shape index (κ2) is 5.74. The lowest BCUT2D eigenvalue weighted by Gasteiger charge is -2.13. The van der Waals surface area contributed by atoms with Gasteiger partial charge in [-0.3, -0.25) is 4.79 Å². The van der Waals surface area contributed by atoms with Crippen molar-refractivity contribution in [2.24, 2.45) is 0 Å². The van der Waals surface area contributed by atoms with Crippen LogP contribution in [0.3, 0.4) is 0 Å². The highest BCUT2D eigenvalue weighted by Crippen LogP contribution is 2.29. The smallest absolute Gasteiger partial charge is 0.172 e. The van der Waals surface area contributed by atoms with Gasteiger partial charge in [-0.1, -0.05) is 54.9 Å². The van der Waals surface area contributed by atoms with Gasteiger partial charge in [0.15, 0.2) is 5.78 Å². The van der Waals surface area contributed by atoms with E-state index in [4.69, 9.17) is 11.6 Å². The van der Waals surface area contributed by atoms with Crippen molar-refractivity contribution < 1.29 is 4.79 Å². The van der Waals surface area contributed by atoms with Gasteiger partial charge in [0.05, 0.1) is 0 Å². The molecule has 0 bridgehead atoms. The second-order valence-electron chi connectivity index (χ2n) is 5.13. The molecule has 1 N–H and O–H groups in total. The van der Waals surface area contributed by atoms with Gasteiger partial charge in [-0.25, -0.2) is 0 Å². The lowest BCUT2D eigenvalue weighted by Crippen LogP contribution is -2.11. The van der Waals surface area contributed by atoms with Crippen molar-refractivity contribution in [3.05, 3.63) is 70.9 Å². The zero-order chi connectivity index (χ0) is 14.8. The number of H-pyrrole nitrogens is 1. The van der Waals surface area contributed by atoms with E-state index in [0.717, 1.165) is 28.5 Å². The molecule has 0 amide bonds. The summed E-state index contributed by atoms with van der Waals surface area (Å²) in [6.45, 7) is 2.04. The Morgan fingerprint density at radius 3 is 2.67 bits per heavy atom. The summed E-state index contributed by atoms with van der Waals surface area (Å²) in [5.41, 5.74) is 2.69. The van der Waals surface area contributed by atoms with Gasteiger partial charge >= 0.3 is 0 Å². The Morgan fingerprint density at radius 1 is 1.19 bits per heavy atom. The van der Waals surface area contributed by atoms with Crippen LogP contribution >= 0.6 is 11.6 Å². The number of halogens is 1. The molecular weight excluding hydrogens is 282 g/mol. The van der Waals surface area contributed by atoms with Gasteiger partial charge in [0.1, 0.15) is 0 Å². The van der Waals surface area contributed by atoms with Crippen LogP contribution < -0.4 is 0 Å². The third kappa shape index (κ3) is 2.59. The molecule has 2 nitrogen and oxygen atoms in total. The van der Waals surface area contributed by atoms with Gasteiger partial charge in [-0.05, 0) is 24.1 Å². The molecule has 1 aromatic heterocycles. The van der Waals surface area contributed by atoms with Crippen LogP contribution in [0.4, 0.5) is 0 Å². The van der Waals surface area contributed by atoms with E-state index in [9.17, 15) is 4.79 Å². The van der Waals surface area contributed by atoms with Crippen LogP contribution in [0.25, 0.3) is 10.9 Å². The molecule has 21 heavy (non-hydrogen) atoms. The van der Waals surface area contributed by atoms with E-state index < -0.39 is 0 Å². The minimum Gasteiger partial charge on any atom is -0.360 e. The Bertz CT molecular complexity index is 776. The number of rotatable bonds is 4. The average Bonchev–Trinajstić information content (AvgIpc) is 2.92. The van der Waals surface area contributed by atoms with Gasteiger partial charge in [-0.2, -0.15) is 0 Å². The quantitative estimate of drug-likeness (QED) is 0.660. The fourth-order valence-electron chi connectivity index (χ4n) is 2.75. The van der Waals surface area contributed by atoms with E-state index >= 15 is 0 Å². The first-order chi connectivity index (χ1) is 10.2. The van der Waals surface area contributed by atoms with Crippen molar-refractivity contribution in [3.8, 4) is 0 Å². The highest BCUT2D eigenvalue weighted by atomic mass is 35.5. The molecule has 3 rings (SSSR count). The van der Waals surface area contributed by atoms with Crippen LogP contribution in [0, 0.1) is 0 Å². The molecule has 0 aliphatic heterocycles. The molecule has 1 unspecified atom stereocenters. The van der Waals surface area contributed by atoms with E-state index in [1.807, 2.05) is 55.5 Å². The zero-order valence-corrected chi connectivity index (χ0v) is 12.5. The van der Waals surface area contributed by atoms with E-state index in [0.29, 0.717) is 5.02 Å². The number of hydrogen-bond donors (Lipinski definition) is 1. The third-order valence-electron chi connectivity index (χ3n) is 3.84. The van der Waals surface area contributed by atoms with Gasteiger partial charge < -0.3 is 4.98 Å². The molecule has 0 saturated carbocycles. The minimum absolute atomic E-state index is 0.110. The maximum absolute atomic E-state index is 12.9. The molecular formula is C18H16ClNO. The van der Waals surface area contributed by atoms with Crippen LogP contribution in [0.5, 0.6) is 0 Å². The number of fused-ring (bicyclic) bond motifs is 1. The van der Waals surface area contributed by atoms with Crippen LogP contribution in [-0.2, 0) is 0 Å². The zero-order valence-electron chi connectivity index (χ0n) is 11.8. The third-order valence-corrected chi connectivity index (χ3v) is 4.07. The standard InChI is InChI=1S/C18H16ClNO/c1-2-14(12-6-4-3-5-7-12)18(21)16-11-20-17-10-13(19)8-9-15(16)17/h3-11,14,20H,2H2,1H3. The van der Waals surface area contributed by atoms with Gasteiger partial charge in [0.25, 0.3) is 0 Å². The Kier molecular flexibility index (Phi) is 3.80. The van der Waals surface area contributed by atoms with Crippen molar-refractivity contribution in [1.82, 2.24) is 4.98 Å². The SMILES string of the molecule is CCC(C(=O)c1c[nH]c2cc(Cl)ccc12)c1ccccc1. The Hall–Kier alpha value is -2.06. The van der Waals surface area contributed by atoms with Gasteiger partial charge in [0, 0.05) is 33.6 Å². The highest BCUT2D eigenvalue weighted by molar-refractivity contribution is 6.31. The second-order valence-corrected chi connectivity index (χ2v) is 5.56. The molecule has 0 spiro atoms. The number of carbonyl (C=O) groups excluding carboxylic acids is 1. The molecule has 3 heteroatoms. The van der Waals surface area contributed by atoms with E-state index in [1.165, 1.54) is 0 Å². The summed E-state index contributed by atoms with van der Waals surface area (Å²) in [7, 11) is 0. The number of benzene rings is 2. The maximum Gasteiger partial charge on any atom is 0.172 e. The molecule has 0 radical (unpaired) electrons. The van der Waals surface area contributed by atoms with Crippen LogP contribution in [0.1, 0.15) is 35.2 Å². The number of nitrogens with one attached hydrogen (secondary N) is 1. The summed E-state index contributed by atoms with van der Waals surface area (Å²) >= 11 is 5.99. The topological polar surface area (TPSA) is 32.9 Å². The first-order valence-corrected chi connectivity index (χ1v) is 7.44. The minimum atomic E-state index is -0.110. The van der Waals surface area contributed by atoms with Crippen molar-refractivity contribution >= 4 is 28.3 Å². The van der Waals surface area contributed by atoms with Crippen LogP contribution in [0.2, 0.25) is 5.02 Å². The van der Waals surface area contributed by atoms with E-state index in [1.54, 1.807) is 6.20 Å². The summed E-state index contributed by atoms with van der Waals surface area (Å²) in [6.07, 6.45) is 2.57. The largest absolute Gasteiger partial charge is 0.360 e. The van der Waals surface area contributed by atoms with Gasteiger partial charge in [-0.15, -0.1) is 0 Å². The number of carbonyl (C=O) groups is 1. The Balaban J connectivity index is 2.03. The van der Waals surface area contributed by atoms with Crippen LogP contribution in [0.15, 0.2) is 54.7 Å². The lowest BCUT2D eigenvalue weighted by molar-refractivity contribution is 0.0959. The van der Waals surface area contributed by atoms with Gasteiger partial charge in [0.2, 0.25) is 0 Å². The van der Waals surface area contributed by atoms with Crippen molar-refractivity contribution in [3.63, 3.8) is 0 Å². The molecule has 2 aromatic carbocycles. The predicted molar refractivity (Wildman–Crippen MR) is 87.1 cm³/mol. The Morgan fingerprint density at radius 2 is 1.95 bits per heavy atom. The number of aromatic nitrogens is 1. The first kappa shape index (κ1) is 13.9. The fraction of sp³-hybridized carbons (Fsp3) is 0.167. The number of hydrogen-bond acceptors (Lipinski definition) is 1. The summed E-state index contributed by atoms with van der Waals surface area (Å²) in [5.74, 6) is 0.0400. The highest BCUT2D eigenvalue weighted by Gasteiger charge is 2.22. The summed E-state index contributed by atoms with van der Waals surface area (Å²) in [5, 5.41) is 1.59. The number of aromatic amines is 1.